The van der Waals surface area contributed by atoms with Crippen molar-refractivity contribution in [1.82, 2.24) is 9.88 Å². The van der Waals surface area contributed by atoms with Crippen LogP contribution in [0.3, 0.4) is 0 Å². The van der Waals surface area contributed by atoms with Crippen LogP contribution >= 0.6 is 0 Å². The fourth-order valence-electron chi connectivity index (χ4n) is 3.14. The van der Waals surface area contributed by atoms with Gasteiger partial charge in [0.15, 0.2) is 6.61 Å². The lowest BCUT2D eigenvalue weighted by Crippen LogP contribution is -2.27. The van der Waals surface area contributed by atoms with Gasteiger partial charge in [0, 0.05) is 30.2 Å². The third-order valence-electron chi connectivity index (χ3n) is 4.59. The predicted molar refractivity (Wildman–Crippen MR) is 96.8 cm³/mol. The standard InChI is InChI=1S/C20H18N2O5/c23-16(14-9-15(21-11-14)19(24)22-7-3-4-8-22)12-26-20(25)18-10-13-5-1-2-6-17(13)27-18/h1-2,5-6,9-11,21H,3-4,7-8,12H2. The molecule has 3 heterocycles. The number of aromatic nitrogens is 1. The number of carbonyl (C=O) groups excluding carboxylic acids is 3. The molecule has 0 aliphatic carbocycles. The van der Waals surface area contributed by atoms with Crippen molar-refractivity contribution < 1.29 is 23.5 Å². The third kappa shape index (κ3) is 3.48. The van der Waals surface area contributed by atoms with E-state index in [0.29, 0.717) is 16.8 Å². The number of likely N-dealkylation sites (tertiary alicyclic amines) is 1. The summed E-state index contributed by atoms with van der Waals surface area (Å²) in [6.07, 6.45) is 3.45. The molecular formula is C20H18N2O5. The van der Waals surface area contributed by atoms with Crippen LogP contribution in [-0.4, -0.2) is 47.2 Å². The Morgan fingerprint density at radius 1 is 1.11 bits per heavy atom. The normalized spacial score (nSPS) is 13.9. The number of nitrogens with one attached hydrogen (secondary N) is 1. The maximum absolute atomic E-state index is 12.3. The molecule has 27 heavy (non-hydrogen) atoms. The molecule has 1 N–H and O–H groups in total. The van der Waals surface area contributed by atoms with Gasteiger partial charge in [-0.2, -0.15) is 0 Å². The quantitative estimate of drug-likeness (QED) is 0.553. The number of amides is 1. The number of para-hydroxylation sites is 1. The van der Waals surface area contributed by atoms with Crippen molar-refractivity contribution in [3.05, 3.63) is 59.6 Å². The Bertz CT molecular complexity index is 977. The van der Waals surface area contributed by atoms with Gasteiger partial charge >= 0.3 is 5.97 Å². The Morgan fingerprint density at radius 3 is 2.67 bits per heavy atom. The molecule has 1 fully saturated rings. The molecule has 0 bridgehead atoms. The number of rotatable bonds is 5. The summed E-state index contributed by atoms with van der Waals surface area (Å²) in [5, 5.41) is 0.784. The number of hydrogen-bond donors (Lipinski definition) is 1. The van der Waals surface area contributed by atoms with Crippen LogP contribution in [0.25, 0.3) is 11.0 Å². The average molecular weight is 366 g/mol. The van der Waals surface area contributed by atoms with Crippen LogP contribution in [0, 0.1) is 0 Å². The van der Waals surface area contributed by atoms with E-state index in [0.717, 1.165) is 31.3 Å². The minimum Gasteiger partial charge on any atom is -0.451 e. The van der Waals surface area contributed by atoms with Gasteiger partial charge in [0.05, 0.1) is 0 Å². The van der Waals surface area contributed by atoms with Crippen LogP contribution in [0.1, 0.15) is 44.2 Å². The number of furan rings is 1. The molecule has 7 heteroatoms. The van der Waals surface area contributed by atoms with Crippen molar-refractivity contribution in [2.45, 2.75) is 12.8 Å². The SMILES string of the molecule is O=C(COC(=O)c1cc2ccccc2o1)c1c[nH]c(C(=O)N2CCCC2)c1. The van der Waals surface area contributed by atoms with Gasteiger partial charge in [-0.3, -0.25) is 9.59 Å². The van der Waals surface area contributed by atoms with Crippen molar-refractivity contribution in [3.63, 3.8) is 0 Å². The molecular weight excluding hydrogens is 348 g/mol. The van der Waals surface area contributed by atoms with E-state index in [1.807, 2.05) is 12.1 Å². The molecule has 1 amide bonds. The van der Waals surface area contributed by atoms with E-state index in [1.54, 1.807) is 23.1 Å². The first-order valence-corrected chi connectivity index (χ1v) is 8.78. The van der Waals surface area contributed by atoms with Gasteiger partial charge in [-0.05, 0) is 31.0 Å². The smallest absolute Gasteiger partial charge is 0.374 e. The Kier molecular flexibility index (Phi) is 4.50. The van der Waals surface area contributed by atoms with Crippen LogP contribution in [0.2, 0.25) is 0 Å². The number of carbonyl (C=O) groups is 3. The molecule has 2 aromatic heterocycles. The fraction of sp³-hybridized carbons (Fsp3) is 0.250. The lowest BCUT2D eigenvalue weighted by atomic mass is 10.2. The summed E-state index contributed by atoms with van der Waals surface area (Å²) in [5.74, 6) is -1.17. The van der Waals surface area contributed by atoms with Crippen LogP contribution < -0.4 is 0 Å². The molecule has 0 spiro atoms. The van der Waals surface area contributed by atoms with Crippen LogP contribution in [0.5, 0.6) is 0 Å². The van der Waals surface area contributed by atoms with Crippen LogP contribution in [-0.2, 0) is 4.74 Å². The highest BCUT2D eigenvalue weighted by Crippen LogP contribution is 2.19. The highest BCUT2D eigenvalue weighted by atomic mass is 16.5. The van der Waals surface area contributed by atoms with E-state index in [9.17, 15) is 14.4 Å². The Labute approximate surface area is 154 Å². The zero-order chi connectivity index (χ0) is 18.8. The first kappa shape index (κ1) is 17.1. The number of H-pyrrole nitrogens is 1. The fourth-order valence-corrected chi connectivity index (χ4v) is 3.14. The van der Waals surface area contributed by atoms with Crippen molar-refractivity contribution >= 4 is 28.6 Å². The van der Waals surface area contributed by atoms with E-state index in [4.69, 9.17) is 9.15 Å². The molecule has 0 atom stereocenters. The highest BCUT2D eigenvalue weighted by Gasteiger charge is 2.22. The maximum Gasteiger partial charge on any atom is 0.374 e. The van der Waals surface area contributed by atoms with E-state index in [1.165, 1.54) is 12.3 Å². The minimum absolute atomic E-state index is 0.0444. The summed E-state index contributed by atoms with van der Waals surface area (Å²) in [6, 6.07) is 10.3. The zero-order valence-corrected chi connectivity index (χ0v) is 14.6. The van der Waals surface area contributed by atoms with Crippen molar-refractivity contribution in [1.29, 1.82) is 0 Å². The molecule has 0 unspecified atom stereocenters. The lowest BCUT2D eigenvalue weighted by molar-refractivity contribution is 0.0446. The molecule has 7 nitrogen and oxygen atoms in total. The van der Waals surface area contributed by atoms with Gasteiger partial charge in [-0.1, -0.05) is 18.2 Å². The second kappa shape index (κ2) is 7.11. The molecule has 1 aliphatic heterocycles. The zero-order valence-electron chi connectivity index (χ0n) is 14.6. The second-order valence-electron chi connectivity index (χ2n) is 6.45. The van der Waals surface area contributed by atoms with Crippen molar-refractivity contribution in [3.8, 4) is 0 Å². The van der Waals surface area contributed by atoms with Gasteiger partial charge in [0.25, 0.3) is 5.91 Å². The van der Waals surface area contributed by atoms with Gasteiger partial charge in [0.2, 0.25) is 11.5 Å². The van der Waals surface area contributed by atoms with Gasteiger partial charge in [0.1, 0.15) is 11.3 Å². The number of ketones is 1. The Hall–Kier alpha value is -3.35. The Balaban J connectivity index is 1.37. The minimum atomic E-state index is -0.705. The average Bonchev–Trinajstić information content (AvgIpc) is 3.44. The predicted octanol–water partition coefficient (Wildman–Crippen LogP) is 3.04. The van der Waals surface area contributed by atoms with E-state index >= 15 is 0 Å². The number of esters is 1. The van der Waals surface area contributed by atoms with Crippen LogP contribution in [0.15, 0.2) is 47.0 Å². The van der Waals surface area contributed by atoms with E-state index < -0.39 is 18.4 Å². The summed E-state index contributed by atoms with van der Waals surface area (Å²) in [4.78, 5) is 41.2. The molecule has 138 valence electrons. The van der Waals surface area contributed by atoms with Crippen molar-refractivity contribution in [2.75, 3.05) is 19.7 Å². The molecule has 1 saturated heterocycles. The highest BCUT2D eigenvalue weighted by molar-refractivity contribution is 6.02. The van der Waals surface area contributed by atoms with E-state index in [2.05, 4.69) is 4.98 Å². The molecule has 3 aromatic rings. The summed E-state index contributed by atoms with van der Waals surface area (Å²) in [6.45, 7) is 1.04. The number of ether oxygens (including phenoxy) is 1. The molecule has 1 aromatic carbocycles. The van der Waals surface area contributed by atoms with Crippen molar-refractivity contribution in [2.24, 2.45) is 0 Å². The molecule has 0 radical (unpaired) electrons. The number of aromatic amines is 1. The Morgan fingerprint density at radius 2 is 1.89 bits per heavy atom. The third-order valence-corrected chi connectivity index (χ3v) is 4.59. The van der Waals surface area contributed by atoms with Crippen LogP contribution in [0.4, 0.5) is 0 Å². The largest absolute Gasteiger partial charge is 0.451 e. The molecule has 1 aliphatic rings. The number of fused-ring (bicyclic) bond motifs is 1. The topological polar surface area (TPSA) is 92.6 Å². The molecule has 0 saturated carbocycles. The first-order chi connectivity index (χ1) is 13.1. The second-order valence-corrected chi connectivity index (χ2v) is 6.45. The summed E-state index contributed by atoms with van der Waals surface area (Å²) < 4.78 is 10.5. The number of nitrogens with zero attached hydrogens (tertiary/aromatic N) is 1. The summed E-state index contributed by atoms with van der Waals surface area (Å²) >= 11 is 0. The number of hydrogen-bond acceptors (Lipinski definition) is 5. The van der Waals surface area contributed by atoms with E-state index in [-0.39, 0.29) is 11.7 Å². The van der Waals surface area contributed by atoms with Gasteiger partial charge < -0.3 is 19.0 Å². The first-order valence-electron chi connectivity index (χ1n) is 8.78. The maximum atomic E-state index is 12.3. The number of Topliss-reactive ketones (excluding diaryl/α,β-unsaturated/α-hetero) is 1. The number of benzene rings is 1. The summed E-state index contributed by atoms with van der Waals surface area (Å²) in [5.41, 5.74) is 1.24. The van der Waals surface area contributed by atoms with Gasteiger partial charge in [-0.15, -0.1) is 0 Å². The summed E-state index contributed by atoms with van der Waals surface area (Å²) in [7, 11) is 0. The van der Waals surface area contributed by atoms with Gasteiger partial charge in [-0.25, -0.2) is 4.79 Å². The molecule has 4 rings (SSSR count). The monoisotopic (exact) mass is 366 g/mol. The lowest BCUT2D eigenvalue weighted by Gasteiger charge is -2.13.